The van der Waals surface area contributed by atoms with Crippen LogP contribution in [-0.4, -0.2) is 34.3 Å². The van der Waals surface area contributed by atoms with E-state index in [-0.39, 0.29) is 0 Å². The van der Waals surface area contributed by atoms with Gasteiger partial charge in [-0.1, -0.05) is 36.1 Å². The molecule has 0 fully saturated rings. The van der Waals surface area contributed by atoms with Crippen molar-refractivity contribution >= 4 is 25.2 Å². The third-order valence-corrected chi connectivity index (χ3v) is 2.77. The van der Waals surface area contributed by atoms with Crippen molar-refractivity contribution in [1.29, 1.82) is 0 Å². The van der Waals surface area contributed by atoms with Gasteiger partial charge in [0.25, 0.3) is 0 Å². The lowest BCUT2D eigenvalue weighted by molar-refractivity contribution is 0.424. The third kappa shape index (κ3) is 3.73. The smallest absolute Gasteiger partial charge is 0.423 e. The van der Waals surface area contributed by atoms with Crippen molar-refractivity contribution in [2.75, 3.05) is 0 Å². The Bertz CT molecular complexity index is 569. The lowest BCUT2D eigenvalue weighted by Gasteiger charge is -1.99. The van der Waals surface area contributed by atoms with Crippen molar-refractivity contribution in [3.63, 3.8) is 0 Å². The van der Waals surface area contributed by atoms with Crippen LogP contribution >= 0.6 is 0 Å². The fraction of sp³-hybridized carbons (Fsp3) is 0. The Morgan fingerprint density at radius 1 is 0.550 bits per heavy atom. The molecule has 0 bridgehead atoms. The summed E-state index contributed by atoms with van der Waals surface area (Å²) >= 11 is 0. The second-order valence-electron chi connectivity index (χ2n) is 4.24. The molecule has 0 aromatic heterocycles. The zero-order valence-corrected chi connectivity index (χ0v) is 10.6. The van der Waals surface area contributed by atoms with Gasteiger partial charge in [-0.25, -0.2) is 0 Å². The van der Waals surface area contributed by atoms with Gasteiger partial charge in [0.15, 0.2) is 0 Å². The van der Waals surface area contributed by atoms with Crippen LogP contribution in [0.2, 0.25) is 0 Å². The topological polar surface area (TPSA) is 80.9 Å². The molecule has 0 radical (unpaired) electrons. The molecule has 0 heterocycles. The van der Waals surface area contributed by atoms with Crippen molar-refractivity contribution in [1.82, 2.24) is 0 Å². The Morgan fingerprint density at radius 3 is 1.10 bits per heavy atom. The van der Waals surface area contributed by atoms with E-state index in [2.05, 4.69) is 11.8 Å². The highest BCUT2D eigenvalue weighted by molar-refractivity contribution is 6.58. The van der Waals surface area contributed by atoms with Gasteiger partial charge in [-0.05, 0) is 35.2 Å². The molecular formula is C14H12B2O4. The van der Waals surface area contributed by atoms with Crippen LogP contribution in [0.25, 0.3) is 0 Å². The normalized spacial score (nSPS) is 9.60. The summed E-state index contributed by atoms with van der Waals surface area (Å²) in [5.74, 6) is 5.88. The van der Waals surface area contributed by atoms with Crippen molar-refractivity contribution in [2.45, 2.75) is 0 Å². The first-order valence-corrected chi connectivity index (χ1v) is 6.00. The molecule has 2 aromatic carbocycles. The number of rotatable bonds is 2. The Balaban J connectivity index is 2.13. The zero-order valence-electron chi connectivity index (χ0n) is 10.6. The lowest BCUT2D eigenvalue weighted by Crippen LogP contribution is -2.29. The summed E-state index contributed by atoms with van der Waals surface area (Å²) in [7, 11) is -2.95. The molecule has 0 aliphatic rings. The van der Waals surface area contributed by atoms with Gasteiger partial charge in [0, 0.05) is 11.1 Å². The summed E-state index contributed by atoms with van der Waals surface area (Å²) in [6.07, 6.45) is 0. The summed E-state index contributed by atoms with van der Waals surface area (Å²) in [5.41, 5.74) is 2.33. The van der Waals surface area contributed by atoms with E-state index >= 15 is 0 Å². The maximum Gasteiger partial charge on any atom is 0.488 e. The van der Waals surface area contributed by atoms with Crippen molar-refractivity contribution in [3.05, 3.63) is 59.7 Å². The average molecular weight is 266 g/mol. The monoisotopic (exact) mass is 266 g/mol. The van der Waals surface area contributed by atoms with Crippen LogP contribution in [-0.2, 0) is 0 Å². The number of benzene rings is 2. The van der Waals surface area contributed by atoms with E-state index in [1.165, 1.54) is 0 Å². The van der Waals surface area contributed by atoms with Crippen LogP contribution in [0.1, 0.15) is 11.1 Å². The lowest BCUT2D eigenvalue weighted by atomic mass is 9.80. The standard InChI is InChI=1S/C14H12B2O4/c17-15(18)13-7-3-11(4-8-13)1-2-12-5-9-14(10-6-12)16(19)20/h3-10,17-20H. The minimum Gasteiger partial charge on any atom is -0.423 e. The van der Waals surface area contributed by atoms with Crippen LogP contribution in [0.15, 0.2) is 48.5 Å². The molecule has 98 valence electrons. The third-order valence-electron chi connectivity index (χ3n) is 2.77. The van der Waals surface area contributed by atoms with E-state index in [1.807, 2.05) is 0 Å². The molecule has 0 aliphatic carbocycles. The molecular weight excluding hydrogens is 254 g/mol. The van der Waals surface area contributed by atoms with Gasteiger partial charge in [-0.3, -0.25) is 0 Å². The molecule has 0 amide bonds. The van der Waals surface area contributed by atoms with Crippen LogP contribution in [0, 0.1) is 11.8 Å². The summed E-state index contributed by atoms with van der Waals surface area (Å²) in [5, 5.41) is 35.9. The highest BCUT2D eigenvalue weighted by atomic mass is 16.4. The molecule has 2 aromatic rings. The molecule has 0 saturated heterocycles. The Hall–Kier alpha value is -2.03. The van der Waals surface area contributed by atoms with E-state index < -0.39 is 14.2 Å². The van der Waals surface area contributed by atoms with Crippen molar-refractivity contribution < 1.29 is 20.1 Å². The zero-order chi connectivity index (χ0) is 14.5. The van der Waals surface area contributed by atoms with Gasteiger partial charge >= 0.3 is 14.2 Å². The van der Waals surface area contributed by atoms with Crippen LogP contribution < -0.4 is 10.9 Å². The largest absolute Gasteiger partial charge is 0.488 e. The van der Waals surface area contributed by atoms with Gasteiger partial charge in [0.1, 0.15) is 0 Å². The molecule has 20 heavy (non-hydrogen) atoms. The quantitative estimate of drug-likeness (QED) is 0.391. The molecule has 0 aliphatic heterocycles. The van der Waals surface area contributed by atoms with Crippen molar-refractivity contribution in [3.8, 4) is 11.8 Å². The van der Waals surface area contributed by atoms with Crippen LogP contribution in [0.5, 0.6) is 0 Å². The van der Waals surface area contributed by atoms with E-state index in [4.69, 9.17) is 20.1 Å². The molecule has 2 rings (SSSR count). The van der Waals surface area contributed by atoms with E-state index in [1.54, 1.807) is 48.5 Å². The van der Waals surface area contributed by atoms with Gasteiger partial charge in [0.05, 0.1) is 0 Å². The summed E-state index contributed by atoms with van der Waals surface area (Å²) in [6.45, 7) is 0. The molecule has 4 N–H and O–H groups in total. The van der Waals surface area contributed by atoms with Crippen LogP contribution in [0.3, 0.4) is 0 Å². The second-order valence-corrected chi connectivity index (χ2v) is 4.24. The molecule has 6 heteroatoms. The van der Waals surface area contributed by atoms with Crippen LogP contribution in [0.4, 0.5) is 0 Å². The molecule has 0 unspecified atom stereocenters. The van der Waals surface area contributed by atoms with Crippen molar-refractivity contribution in [2.24, 2.45) is 0 Å². The molecule has 0 saturated carbocycles. The van der Waals surface area contributed by atoms with Gasteiger partial charge in [-0.15, -0.1) is 0 Å². The molecule has 0 spiro atoms. The number of hydrogen-bond donors (Lipinski definition) is 4. The fourth-order valence-corrected chi connectivity index (χ4v) is 1.62. The first kappa shape index (κ1) is 14.4. The maximum absolute atomic E-state index is 8.97. The van der Waals surface area contributed by atoms with E-state index in [0.29, 0.717) is 10.9 Å². The van der Waals surface area contributed by atoms with Gasteiger partial charge in [-0.2, -0.15) is 0 Å². The first-order valence-electron chi connectivity index (χ1n) is 6.00. The Labute approximate surface area is 117 Å². The maximum atomic E-state index is 8.97. The first-order chi connectivity index (χ1) is 9.56. The molecule has 4 nitrogen and oxygen atoms in total. The Morgan fingerprint density at radius 2 is 0.850 bits per heavy atom. The van der Waals surface area contributed by atoms with E-state index in [9.17, 15) is 0 Å². The van der Waals surface area contributed by atoms with Gasteiger partial charge in [0.2, 0.25) is 0 Å². The average Bonchev–Trinajstić information content (AvgIpc) is 2.46. The minimum atomic E-state index is -1.48. The second kappa shape index (κ2) is 6.42. The molecule has 0 atom stereocenters. The highest BCUT2D eigenvalue weighted by Gasteiger charge is 2.09. The Kier molecular flexibility index (Phi) is 4.61. The highest BCUT2D eigenvalue weighted by Crippen LogP contribution is 1.98. The fourth-order valence-electron chi connectivity index (χ4n) is 1.62. The summed E-state index contributed by atoms with van der Waals surface area (Å²) in [4.78, 5) is 0. The van der Waals surface area contributed by atoms with Gasteiger partial charge < -0.3 is 20.1 Å². The predicted octanol–water partition coefficient (Wildman–Crippen LogP) is -1.55. The SMILES string of the molecule is OB(O)c1ccc(C#Cc2ccc(B(O)O)cc2)cc1. The minimum absolute atomic E-state index is 0.414. The van der Waals surface area contributed by atoms with E-state index in [0.717, 1.165) is 11.1 Å². The summed E-state index contributed by atoms with van der Waals surface area (Å²) in [6, 6.07) is 13.2. The summed E-state index contributed by atoms with van der Waals surface area (Å²) < 4.78 is 0. The number of hydrogen-bond acceptors (Lipinski definition) is 4. The predicted molar refractivity (Wildman–Crippen MR) is 78.5 cm³/mol.